The molecule has 66 valence electrons. The molecule has 0 aromatic carbocycles. The molecular formula is C9H15N3. The molecule has 12 heavy (non-hydrogen) atoms. The summed E-state index contributed by atoms with van der Waals surface area (Å²) in [5.74, 6) is 0. The summed E-state index contributed by atoms with van der Waals surface area (Å²) in [6.07, 6.45) is 1.06. The van der Waals surface area contributed by atoms with E-state index in [2.05, 4.69) is 23.9 Å². The van der Waals surface area contributed by atoms with E-state index < -0.39 is 0 Å². The van der Waals surface area contributed by atoms with Crippen molar-refractivity contribution >= 4 is 5.71 Å². The molecule has 1 saturated heterocycles. The van der Waals surface area contributed by atoms with E-state index in [0.29, 0.717) is 0 Å². The largest absolute Gasteiger partial charge is 0.315 e. The summed E-state index contributed by atoms with van der Waals surface area (Å²) < 4.78 is 0. The van der Waals surface area contributed by atoms with E-state index in [9.17, 15) is 0 Å². The van der Waals surface area contributed by atoms with E-state index >= 15 is 0 Å². The highest BCUT2D eigenvalue weighted by molar-refractivity contribution is 5.95. The zero-order valence-corrected chi connectivity index (χ0v) is 7.72. The van der Waals surface area contributed by atoms with Crippen LogP contribution in [0.2, 0.25) is 0 Å². The van der Waals surface area contributed by atoms with Crippen LogP contribution >= 0.6 is 0 Å². The Kier molecular flexibility index (Phi) is 1.51. The van der Waals surface area contributed by atoms with Crippen molar-refractivity contribution in [2.45, 2.75) is 13.3 Å². The molecule has 0 radical (unpaired) electrons. The van der Waals surface area contributed by atoms with Crippen LogP contribution < -0.4 is 5.32 Å². The molecule has 1 N–H and O–H groups in total. The highest BCUT2D eigenvalue weighted by atomic mass is 15.5. The summed E-state index contributed by atoms with van der Waals surface area (Å²) in [4.78, 5) is 0. The van der Waals surface area contributed by atoms with E-state index in [0.717, 1.165) is 25.2 Å². The van der Waals surface area contributed by atoms with Gasteiger partial charge in [-0.1, -0.05) is 6.58 Å². The molecule has 0 aromatic rings. The lowest BCUT2D eigenvalue weighted by Gasteiger charge is -2.31. The first-order valence-corrected chi connectivity index (χ1v) is 4.36. The Morgan fingerprint density at radius 2 is 2.42 bits per heavy atom. The third kappa shape index (κ3) is 0.829. The summed E-state index contributed by atoms with van der Waals surface area (Å²) in [6, 6.07) is 0. The van der Waals surface area contributed by atoms with Crippen molar-refractivity contribution in [2.75, 3.05) is 20.1 Å². The Bertz CT molecular complexity index is 256. The van der Waals surface area contributed by atoms with Crippen molar-refractivity contribution in [1.29, 1.82) is 0 Å². The molecule has 1 atom stereocenters. The predicted octanol–water partition coefficient (Wildman–Crippen LogP) is 0.801. The summed E-state index contributed by atoms with van der Waals surface area (Å²) in [5.41, 5.74) is 2.49. The number of hydrogen-bond acceptors (Lipinski definition) is 3. The van der Waals surface area contributed by atoms with Gasteiger partial charge in [-0.3, -0.25) is 5.01 Å². The molecule has 2 rings (SSSR count). The molecule has 1 fully saturated rings. The van der Waals surface area contributed by atoms with E-state index in [1.807, 2.05) is 12.1 Å². The minimum absolute atomic E-state index is 0.0903. The first-order chi connectivity index (χ1) is 5.64. The van der Waals surface area contributed by atoms with Gasteiger partial charge in [0.1, 0.15) is 0 Å². The van der Waals surface area contributed by atoms with Crippen LogP contribution in [0.1, 0.15) is 13.3 Å². The van der Waals surface area contributed by atoms with E-state index in [-0.39, 0.29) is 5.41 Å². The number of hydrogen-bond donors (Lipinski definition) is 1. The summed E-state index contributed by atoms with van der Waals surface area (Å²) >= 11 is 0. The number of nitrogens with zero attached hydrogens (tertiary/aromatic N) is 2. The highest BCUT2D eigenvalue weighted by Crippen LogP contribution is 2.37. The molecular weight excluding hydrogens is 150 g/mol. The summed E-state index contributed by atoms with van der Waals surface area (Å²) in [7, 11) is 1.97. The maximum absolute atomic E-state index is 4.47. The smallest absolute Gasteiger partial charge is 0.0613 e. The third-order valence-electron chi connectivity index (χ3n) is 2.95. The molecule has 1 unspecified atom stereocenters. The van der Waals surface area contributed by atoms with Gasteiger partial charge in [-0.15, -0.1) is 0 Å². The van der Waals surface area contributed by atoms with Crippen LogP contribution in [0, 0.1) is 5.41 Å². The van der Waals surface area contributed by atoms with Crippen LogP contribution in [0.15, 0.2) is 17.4 Å². The summed E-state index contributed by atoms with van der Waals surface area (Å²) in [5, 5.41) is 9.76. The lowest BCUT2D eigenvalue weighted by Crippen LogP contribution is -2.44. The molecule has 3 heteroatoms. The maximum atomic E-state index is 4.47. The first kappa shape index (κ1) is 7.80. The monoisotopic (exact) mass is 165 g/mol. The Hall–Kier alpha value is -0.830. The quantitative estimate of drug-likeness (QED) is 0.575. The Morgan fingerprint density at radius 1 is 1.67 bits per heavy atom. The van der Waals surface area contributed by atoms with Gasteiger partial charge in [-0.2, -0.15) is 5.10 Å². The van der Waals surface area contributed by atoms with Crippen molar-refractivity contribution in [3.63, 3.8) is 0 Å². The molecule has 3 nitrogen and oxygen atoms in total. The van der Waals surface area contributed by atoms with Crippen molar-refractivity contribution < 1.29 is 0 Å². The minimum atomic E-state index is 0.0903. The lowest BCUT2D eigenvalue weighted by molar-refractivity contribution is 0.377. The van der Waals surface area contributed by atoms with Gasteiger partial charge in [0, 0.05) is 32.3 Å². The third-order valence-corrected chi connectivity index (χ3v) is 2.95. The zero-order valence-electron chi connectivity index (χ0n) is 7.72. The molecule has 0 spiro atoms. The zero-order chi connectivity index (χ0) is 8.77. The van der Waals surface area contributed by atoms with E-state index in [4.69, 9.17) is 0 Å². The first-order valence-electron chi connectivity index (χ1n) is 4.36. The molecule has 0 bridgehead atoms. The van der Waals surface area contributed by atoms with E-state index in [1.165, 1.54) is 5.71 Å². The normalized spacial score (nSPS) is 35.0. The second-order valence-corrected chi connectivity index (χ2v) is 3.78. The Balaban J connectivity index is 2.36. The van der Waals surface area contributed by atoms with Gasteiger partial charge in [-0.25, -0.2) is 0 Å². The topological polar surface area (TPSA) is 27.6 Å². The van der Waals surface area contributed by atoms with Gasteiger partial charge in [-0.05, 0) is 6.92 Å². The maximum Gasteiger partial charge on any atom is 0.0613 e. The predicted molar refractivity (Wildman–Crippen MR) is 49.9 cm³/mol. The van der Waals surface area contributed by atoms with Gasteiger partial charge in [0.2, 0.25) is 0 Å². The second kappa shape index (κ2) is 2.33. The van der Waals surface area contributed by atoms with Crippen LogP contribution in [0.3, 0.4) is 0 Å². The van der Waals surface area contributed by atoms with Gasteiger partial charge in [0.25, 0.3) is 0 Å². The second-order valence-electron chi connectivity index (χ2n) is 3.78. The van der Waals surface area contributed by atoms with Crippen LogP contribution in [0.4, 0.5) is 0 Å². The van der Waals surface area contributed by atoms with Gasteiger partial charge in [0.15, 0.2) is 0 Å². The lowest BCUT2D eigenvalue weighted by atomic mass is 9.79. The standard InChI is InChI=1S/C9H15N3/c1-7-9(2)6-10-5-4-8(9)11-12(7)3/h10H,1,4-6H2,2-3H3. The van der Waals surface area contributed by atoms with Crippen molar-refractivity contribution in [3.05, 3.63) is 12.3 Å². The van der Waals surface area contributed by atoms with Gasteiger partial charge < -0.3 is 5.32 Å². The molecule has 2 heterocycles. The van der Waals surface area contributed by atoms with E-state index in [1.54, 1.807) is 0 Å². The van der Waals surface area contributed by atoms with Gasteiger partial charge >= 0.3 is 0 Å². The number of hydrazone groups is 1. The minimum Gasteiger partial charge on any atom is -0.315 e. The van der Waals surface area contributed by atoms with Crippen molar-refractivity contribution in [1.82, 2.24) is 10.3 Å². The fourth-order valence-corrected chi connectivity index (χ4v) is 1.95. The highest BCUT2D eigenvalue weighted by Gasteiger charge is 2.42. The van der Waals surface area contributed by atoms with Gasteiger partial charge in [0.05, 0.1) is 11.1 Å². The number of piperidine rings is 1. The fourth-order valence-electron chi connectivity index (χ4n) is 1.95. The summed E-state index contributed by atoms with van der Waals surface area (Å²) in [6.45, 7) is 8.31. The van der Waals surface area contributed by atoms with Crippen molar-refractivity contribution in [3.8, 4) is 0 Å². The van der Waals surface area contributed by atoms with Crippen LogP contribution in [0.5, 0.6) is 0 Å². The number of rotatable bonds is 0. The van der Waals surface area contributed by atoms with Crippen molar-refractivity contribution in [2.24, 2.45) is 10.5 Å². The molecule has 2 aliphatic heterocycles. The molecule has 2 aliphatic rings. The molecule has 0 saturated carbocycles. The number of fused-ring (bicyclic) bond motifs is 1. The average molecular weight is 165 g/mol. The Labute approximate surface area is 73.1 Å². The number of nitrogens with one attached hydrogen (secondary N) is 1. The molecule has 0 aromatic heterocycles. The Morgan fingerprint density at radius 3 is 3.08 bits per heavy atom. The molecule has 0 amide bonds. The fraction of sp³-hybridized carbons (Fsp3) is 0.667. The average Bonchev–Trinajstić information content (AvgIpc) is 2.28. The molecule has 0 aliphatic carbocycles. The van der Waals surface area contributed by atoms with Crippen LogP contribution in [-0.4, -0.2) is 30.9 Å². The SMILES string of the molecule is C=C1N(C)N=C2CCNCC12C. The van der Waals surface area contributed by atoms with Crippen LogP contribution in [-0.2, 0) is 0 Å². The van der Waals surface area contributed by atoms with Crippen LogP contribution in [0.25, 0.3) is 0 Å².